The summed E-state index contributed by atoms with van der Waals surface area (Å²) in [5.41, 5.74) is 1.92. The molecule has 0 saturated heterocycles. The molecule has 1 aliphatic heterocycles. The van der Waals surface area contributed by atoms with Gasteiger partial charge in [0.1, 0.15) is 0 Å². The topological polar surface area (TPSA) is 92.8 Å². The number of pyridine rings is 1. The molecule has 1 aliphatic rings. The average molecular weight is 348 g/mol. The summed E-state index contributed by atoms with van der Waals surface area (Å²) in [4.78, 5) is 23.0. The minimum atomic E-state index is -1.51. The number of halogens is 1. The molecule has 0 amide bonds. The normalized spacial score (nSPS) is 14.7. The van der Waals surface area contributed by atoms with Crippen LogP contribution in [0.15, 0.2) is 46.4 Å². The molecular formula is C16H18ClN5O2. The van der Waals surface area contributed by atoms with Gasteiger partial charge in [-0.1, -0.05) is 24.3 Å². The van der Waals surface area contributed by atoms with Crippen molar-refractivity contribution >= 4 is 35.7 Å². The van der Waals surface area contributed by atoms with E-state index in [1.54, 1.807) is 0 Å². The second-order valence-corrected chi connectivity index (χ2v) is 5.36. The van der Waals surface area contributed by atoms with Crippen LogP contribution in [0.25, 0.3) is 10.9 Å². The Labute approximate surface area is 145 Å². The van der Waals surface area contributed by atoms with Crippen LogP contribution in [0.2, 0.25) is 0 Å². The van der Waals surface area contributed by atoms with E-state index in [1.165, 1.54) is 12.4 Å². The van der Waals surface area contributed by atoms with Gasteiger partial charge in [-0.05, 0) is 25.1 Å². The highest BCUT2D eigenvalue weighted by molar-refractivity contribution is 6.17. The van der Waals surface area contributed by atoms with E-state index in [4.69, 9.17) is 0 Å². The summed E-state index contributed by atoms with van der Waals surface area (Å²) >= 11 is 0. The Morgan fingerprint density at radius 1 is 1.12 bits per heavy atom. The summed E-state index contributed by atoms with van der Waals surface area (Å²) in [5, 5.41) is 15.5. The number of nitrogens with one attached hydrogen (secondary N) is 1. The number of hydrogen-bond acceptors (Lipinski definition) is 6. The number of nitrogens with zero attached hydrogens (tertiary/aromatic N) is 4. The highest BCUT2D eigenvalue weighted by Crippen LogP contribution is 2.22. The number of para-hydroxylation sites is 1. The van der Waals surface area contributed by atoms with E-state index < -0.39 is 10.7 Å². The lowest BCUT2D eigenvalue weighted by atomic mass is 10.2. The summed E-state index contributed by atoms with van der Waals surface area (Å²) in [6.07, 6.45) is 3.67. The number of rotatable bonds is 7. The highest BCUT2D eigenvalue weighted by atomic mass is 35.5. The molecule has 0 atom stereocenters. The van der Waals surface area contributed by atoms with E-state index in [-0.39, 0.29) is 18.8 Å². The van der Waals surface area contributed by atoms with E-state index in [9.17, 15) is 10.1 Å². The van der Waals surface area contributed by atoms with Crippen molar-refractivity contribution in [1.82, 2.24) is 10.3 Å². The second kappa shape index (κ2) is 7.94. The third-order valence-corrected chi connectivity index (χ3v) is 3.75. The first kappa shape index (κ1) is 18.0. The summed E-state index contributed by atoms with van der Waals surface area (Å²) in [7, 11) is 0. The first-order valence-electron chi connectivity index (χ1n) is 7.49. The number of benzene rings is 1. The molecule has 0 aliphatic carbocycles. The standard InChI is InChI=1S/C16H17N5O2.ClH/c22-21(23)16(18-10-11-19-16)8-3-9-17-12-14-7-6-13-4-1-2-5-15(13)20-14;/h1-2,4-7,10-11,17H,3,8-9,12H2;1H. The van der Waals surface area contributed by atoms with E-state index in [0.29, 0.717) is 19.5 Å². The van der Waals surface area contributed by atoms with E-state index >= 15 is 0 Å². The maximum Gasteiger partial charge on any atom is 0.411 e. The molecule has 1 aromatic heterocycles. The summed E-state index contributed by atoms with van der Waals surface area (Å²) in [6.45, 7) is 1.28. The lowest BCUT2D eigenvalue weighted by Crippen LogP contribution is -2.33. The van der Waals surface area contributed by atoms with Gasteiger partial charge in [-0.25, -0.2) is 0 Å². The van der Waals surface area contributed by atoms with Crippen LogP contribution in [0, 0.1) is 10.1 Å². The Kier molecular flexibility index (Phi) is 5.94. The van der Waals surface area contributed by atoms with Crippen molar-refractivity contribution in [1.29, 1.82) is 0 Å². The van der Waals surface area contributed by atoms with Crippen molar-refractivity contribution in [3.63, 3.8) is 0 Å². The number of aromatic nitrogens is 1. The zero-order valence-corrected chi connectivity index (χ0v) is 13.8. The SMILES string of the molecule is Cl.O=[N+]([O-])C1(CCCNCc2ccc3ccccc3n2)N=CC=N1. The van der Waals surface area contributed by atoms with Crippen molar-refractivity contribution in [3.05, 3.63) is 52.2 Å². The molecule has 0 saturated carbocycles. The molecule has 0 spiro atoms. The van der Waals surface area contributed by atoms with Gasteiger partial charge in [-0.3, -0.25) is 15.1 Å². The van der Waals surface area contributed by atoms with Gasteiger partial charge >= 0.3 is 5.79 Å². The summed E-state index contributed by atoms with van der Waals surface area (Å²) < 4.78 is 0. The van der Waals surface area contributed by atoms with E-state index in [2.05, 4.69) is 20.3 Å². The minimum absolute atomic E-state index is 0. The monoisotopic (exact) mass is 347 g/mol. The molecule has 8 heteroatoms. The van der Waals surface area contributed by atoms with E-state index in [0.717, 1.165) is 16.6 Å². The fourth-order valence-electron chi connectivity index (χ4n) is 2.53. The predicted octanol–water partition coefficient (Wildman–Crippen LogP) is 2.61. The summed E-state index contributed by atoms with van der Waals surface area (Å²) in [5.74, 6) is -1.51. The van der Waals surface area contributed by atoms with Gasteiger partial charge in [0.25, 0.3) is 0 Å². The maximum absolute atomic E-state index is 11.1. The fourth-order valence-corrected chi connectivity index (χ4v) is 2.53. The van der Waals surface area contributed by atoms with Crippen molar-refractivity contribution in [3.8, 4) is 0 Å². The minimum Gasteiger partial charge on any atom is -0.311 e. The average Bonchev–Trinajstić information content (AvgIpc) is 3.05. The Morgan fingerprint density at radius 3 is 2.62 bits per heavy atom. The second-order valence-electron chi connectivity index (χ2n) is 5.36. The van der Waals surface area contributed by atoms with E-state index in [1.807, 2.05) is 36.4 Å². The first-order chi connectivity index (χ1) is 11.2. The Bertz CT molecular complexity index is 766. The van der Waals surface area contributed by atoms with Gasteiger partial charge in [0.15, 0.2) is 0 Å². The Hall–Kier alpha value is -2.38. The van der Waals surface area contributed by atoms with Crippen molar-refractivity contribution in [2.75, 3.05) is 6.54 Å². The molecular weight excluding hydrogens is 330 g/mol. The van der Waals surface area contributed by atoms with Gasteiger partial charge in [0.2, 0.25) is 0 Å². The lowest BCUT2D eigenvalue weighted by molar-refractivity contribution is -0.566. The van der Waals surface area contributed by atoms with Crippen molar-refractivity contribution < 1.29 is 4.92 Å². The number of nitro groups is 1. The van der Waals surface area contributed by atoms with Crippen LogP contribution in [0.5, 0.6) is 0 Å². The van der Waals surface area contributed by atoms with Gasteiger partial charge in [-0.2, -0.15) is 9.98 Å². The quantitative estimate of drug-likeness (QED) is 0.473. The zero-order chi connectivity index (χ0) is 16.1. The number of hydrogen-bond donors (Lipinski definition) is 1. The Morgan fingerprint density at radius 2 is 1.88 bits per heavy atom. The van der Waals surface area contributed by atoms with Crippen molar-refractivity contribution in [2.24, 2.45) is 9.98 Å². The van der Waals surface area contributed by atoms with Crippen LogP contribution in [-0.4, -0.2) is 34.7 Å². The van der Waals surface area contributed by atoms with Crippen LogP contribution in [0.1, 0.15) is 18.5 Å². The highest BCUT2D eigenvalue weighted by Gasteiger charge is 2.42. The molecule has 1 aromatic carbocycles. The molecule has 3 rings (SSSR count). The van der Waals surface area contributed by atoms with Crippen LogP contribution in [0.3, 0.4) is 0 Å². The molecule has 7 nitrogen and oxygen atoms in total. The molecule has 2 heterocycles. The number of fused-ring (bicyclic) bond motifs is 1. The van der Waals surface area contributed by atoms with Crippen molar-refractivity contribution in [2.45, 2.75) is 25.2 Å². The molecule has 2 aromatic rings. The van der Waals surface area contributed by atoms with Gasteiger partial charge in [0.05, 0.1) is 22.6 Å². The number of aliphatic imine (C=N–C) groups is 2. The molecule has 0 unspecified atom stereocenters. The van der Waals surface area contributed by atoms with Crippen LogP contribution >= 0.6 is 12.4 Å². The molecule has 24 heavy (non-hydrogen) atoms. The zero-order valence-electron chi connectivity index (χ0n) is 13.0. The molecule has 0 fully saturated rings. The first-order valence-corrected chi connectivity index (χ1v) is 7.49. The van der Waals surface area contributed by atoms with Gasteiger partial charge in [-0.15, -0.1) is 12.4 Å². The fraction of sp³-hybridized carbons (Fsp3) is 0.312. The third kappa shape index (κ3) is 3.93. The molecule has 1 N–H and O–H groups in total. The maximum atomic E-state index is 11.1. The molecule has 126 valence electrons. The Balaban J connectivity index is 0.00000208. The smallest absolute Gasteiger partial charge is 0.311 e. The molecule has 0 bridgehead atoms. The van der Waals surface area contributed by atoms with Crippen LogP contribution in [0.4, 0.5) is 0 Å². The lowest BCUT2D eigenvalue weighted by Gasteiger charge is -2.13. The van der Waals surface area contributed by atoms with Crippen LogP contribution in [-0.2, 0) is 6.54 Å². The van der Waals surface area contributed by atoms with Gasteiger partial charge in [0, 0.05) is 24.4 Å². The predicted molar refractivity (Wildman–Crippen MR) is 96.6 cm³/mol. The summed E-state index contributed by atoms with van der Waals surface area (Å²) in [6, 6.07) is 12.0. The van der Waals surface area contributed by atoms with Gasteiger partial charge < -0.3 is 5.32 Å². The largest absolute Gasteiger partial charge is 0.411 e. The molecule has 0 radical (unpaired) electrons. The third-order valence-electron chi connectivity index (χ3n) is 3.75. The van der Waals surface area contributed by atoms with Crippen LogP contribution < -0.4 is 5.32 Å².